The summed E-state index contributed by atoms with van der Waals surface area (Å²) in [7, 11) is 0. The number of aryl methyl sites for hydroxylation is 1. The van der Waals surface area contributed by atoms with Gasteiger partial charge >= 0.3 is 77.0 Å². The van der Waals surface area contributed by atoms with Crippen molar-refractivity contribution in [3.8, 4) is 10.5 Å². The monoisotopic (exact) mass is 136 g/mol. The van der Waals surface area contributed by atoms with Gasteiger partial charge in [-0.2, -0.15) is 0 Å². The van der Waals surface area contributed by atoms with Crippen molar-refractivity contribution in [1.82, 2.24) is 0 Å². The van der Waals surface area contributed by atoms with Gasteiger partial charge in [-0.05, 0) is 0 Å². The number of hydrogen-bond donors (Lipinski definition) is 0. The maximum absolute atomic E-state index is 3.01. The average molecular weight is 136 g/mol. The molecule has 0 unspecified atom stereocenters. The van der Waals surface area contributed by atoms with Gasteiger partial charge < -0.3 is 0 Å². The van der Waals surface area contributed by atoms with Gasteiger partial charge in [-0.1, -0.05) is 0 Å². The first-order valence-electron chi connectivity index (χ1n) is 3.88. The maximum atomic E-state index is 3.01. The minimum absolute atomic E-state index is 1.10. The Kier molecular flexibility index (Phi) is 3.31. The van der Waals surface area contributed by atoms with Gasteiger partial charge in [-0.25, -0.2) is 0 Å². The van der Waals surface area contributed by atoms with Gasteiger partial charge in [0.1, 0.15) is 0 Å². The SMILES string of the molecule is [Li][C]#Cc1ccc(CC)cc1. The van der Waals surface area contributed by atoms with Crippen LogP contribution in [-0.2, 0) is 6.42 Å². The number of benzene rings is 1. The Balaban J connectivity index is 2.88. The van der Waals surface area contributed by atoms with E-state index in [-0.39, 0.29) is 0 Å². The molecule has 0 saturated carbocycles. The normalized spacial score (nSPS) is 8.64. The third-order valence-electron chi connectivity index (χ3n) is 1.63. The van der Waals surface area contributed by atoms with Crippen LogP contribution in [0.25, 0.3) is 0 Å². The molecule has 0 bridgehead atoms. The standard InChI is InChI=1S/C10H9.Li/c1-3-9-5-7-10(4-2)8-6-9;/h5-8H,3H2,1H3;. The first kappa shape index (κ1) is 8.47. The first-order valence-corrected chi connectivity index (χ1v) is 3.88. The van der Waals surface area contributed by atoms with Crippen LogP contribution in [0.5, 0.6) is 0 Å². The summed E-state index contributed by atoms with van der Waals surface area (Å²) in [5.74, 6) is 3.01. The molecule has 0 radical (unpaired) electrons. The van der Waals surface area contributed by atoms with E-state index in [4.69, 9.17) is 0 Å². The van der Waals surface area contributed by atoms with E-state index >= 15 is 0 Å². The summed E-state index contributed by atoms with van der Waals surface area (Å²) in [6.45, 7) is 2.15. The van der Waals surface area contributed by atoms with Crippen LogP contribution in [0.1, 0.15) is 18.1 Å². The number of rotatable bonds is 1. The van der Waals surface area contributed by atoms with E-state index in [1.807, 2.05) is 17.7 Å². The third kappa shape index (κ3) is 2.47. The zero-order valence-electron chi connectivity index (χ0n) is 7.02. The van der Waals surface area contributed by atoms with Crippen LogP contribution in [0.3, 0.4) is 0 Å². The molecule has 1 aromatic rings. The van der Waals surface area contributed by atoms with Crippen LogP contribution in [0.15, 0.2) is 24.3 Å². The molecule has 0 aliphatic rings. The minimum atomic E-state index is 1.10. The Morgan fingerprint density at radius 1 is 1.27 bits per heavy atom. The molecule has 0 nitrogen and oxygen atoms in total. The van der Waals surface area contributed by atoms with Crippen molar-refractivity contribution in [2.24, 2.45) is 0 Å². The fraction of sp³-hybridized carbons (Fsp3) is 0.200. The second kappa shape index (κ2) is 4.30. The molecule has 0 N–H and O–H groups in total. The molecule has 1 aromatic carbocycles. The molecule has 0 atom stereocenters. The molecule has 11 heavy (non-hydrogen) atoms. The quantitative estimate of drug-likeness (QED) is 0.407. The van der Waals surface area contributed by atoms with Gasteiger partial charge in [0, 0.05) is 0 Å². The van der Waals surface area contributed by atoms with Gasteiger partial charge in [0.25, 0.3) is 0 Å². The Labute approximate surface area is 77.2 Å². The predicted molar refractivity (Wildman–Crippen MR) is 48.5 cm³/mol. The van der Waals surface area contributed by atoms with E-state index in [2.05, 4.69) is 41.7 Å². The van der Waals surface area contributed by atoms with Crippen molar-refractivity contribution in [2.75, 3.05) is 0 Å². The Hall–Kier alpha value is -0.623. The first-order chi connectivity index (χ1) is 5.36. The van der Waals surface area contributed by atoms with E-state index in [1.54, 1.807) is 0 Å². The molecular weight excluding hydrogens is 127 g/mol. The summed E-state index contributed by atoms with van der Waals surface area (Å²) in [6, 6.07) is 8.38. The van der Waals surface area contributed by atoms with Crippen molar-refractivity contribution in [3.05, 3.63) is 35.4 Å². The van der Waals surface area contributed by atoms with E-state index < -0.39 is 0 Å². The van der Waals surface area contributed by atoms with Gasteiger partial charge in [0.05, 0.1) is 0 Å². The molecule has 1 rings (SSSR count). The second-order valence-corrected chi connectivity index (χ2v) is 2.43. The van der Waals surface area contributed by atoms with Gasteiger partial charge in [-0.3, -0.25) is 0 Å². The molecular formula is C10H9Li. The second-order valence-electron chi connectivity index (χ2n) is 2.43. The van der Waals surface area contributed by atoms with E-state index in [9.17, 15) is 0 Å². The van der Waals surface area contributed by atoms with Gasteiger partial charge in [-0.15, -0.1) is 0 Å². The van der Waals surface area contributed by atoms with Gasteiger partial charge in [0.15, 0.2) is 0 Å². The molecule has 50 valence electrons. The predicted octanol–water partition coefficient (Wildman–Crippen LogP) is 1.73. The summed E-state index contributed by atoms with van der Waals surface area (Å²) in [4.78, 5) is 0. The molecule has 0 fully saturated rings. The topological polar surface area (TPSA) is 0 Å². The molecule has 0 saturated heterocycles. The molecule has 0 spiro atoms. The van der Waals surface area contributed by atoms with E-state index in [1.165, 1.54) is 5.56 Å². The van der Waals surface area contributed by atoms with E-state index in [0.717, 1.165) is 12.0 Å². The fourth-order valence-corrected chi connectivity index (χ4v) is 0.968. The zero-order chi connectivity index (χ0) is 8.10. The summed E-state index contributed by atoms with van der Waals surface area (Å²) in [6.07, 6.45) is 1.10. The average Bonchev–Trinajstić information content (AvgIpc) is 2.07. The Morgan fingerprint density at radius 3 is 2.36 bits per heavy atom. The molecule has 1 heteroatoms. The van der Waals surface area contributed by atoms with Crippen molar-refractivity contribution in [3.63, 3.8) is 0 Å². The zero-order valence-corrected chi connectivity index (χ0v) is 7.02. The van der Waals surface area contributed by atoms with Crippen LogP contribution in [0.2, 0.25) is 0 Å². The van der Waals surface area contributed by atoms with Crippen LogP contribution in [0, 0.1) is 10.5 Å². The molecule has 0 aliphatic carbocycles. The molecule has 0 aliphatic heterocycles. The van der Waals surface area contributed by atoms with Crippen molar-refractivity contribution >= 4 is 17.7 Å². The Bertz CT molecular complexity index is 274. The molecule has 0 amide bonds. The summed E-state index contributed by atoms with van der Waals surface area (Å²) in [5, 5.41) is 0. The van der Waals surface area contributed by atoms with Gasteiger partial charge in [0.2, 0.25) is 0 Å². The summed E-state index contributed by atoms with van der Waals surface area (Å²) >= 11 is 1.85. The summed E-state index contributed by atoms with van der Waals surface area (Å²) in [5.41, 5.74) is 2.47. The number of hydrogen-bond acceptors (Lipinski definition) is 0. The Morgan fingerprint density at radius 2 is 1.91 bits per heavy atom. The van der Waals surface area contributed by atoms with Crippen LogP contribution in [-0.4, -0.2) is 17.7 Å². The van der Waals surface area contributed by atoms with Crippen molar-refractivity contribution in [1.29, 1.82) is 0 Å². The third-order valence-corrected chi connectivity index (χ3v) is 1.63. The van der Waals surface area contributed by atoms with Crippen LogP contribution in [0.4, 0.5) is 0 Å². The summed E-state index contributed by atoms with van der Waals surface area (Å²) < 4.78 is 2.87. The fourth-order valence-electron chi connectivity index (χ4n) is 0.968. The molecule has 0 heterocycles. The van der Waals surface area contributed by atoms with E-state index in [0.29, 0.717) is 0 Å². The van der Waals surface area contributed by atoms with Crippen molar-refractivity contribution in [2.45, 2.75) is 13.3 Å². The van der Waals surface area contributed by atoms with Crippen LogP contribution < -0.4 is 0 Å². The van der Waals surface area contributed by atoms with Crippen LogP contribution >= 0.6 is 0 Å². The molecule has 0 aromatic heterocycles. The van der Waals surface area contributed by atoms with Crippen molar-refractivity contribution < 1.29 is 0 Å².